The van der Waals surface area contributed by atoms with E-state index in [-0.39, 0.29) is 5.69 Å². The number of H-pyrrole nitrogens is 1. The first-order valence-corrected chi connectivity index (χ1v) is 5.30. The van der Waals surface area contributed by atoms with Crippen molar-refractivity contribution < 1.29 is 19.4 Å². The van der Waals surface area contributed by atoms with Gasteiger partial charge in [-0.15, -0.1) is 0 Å². The zero-order chi connectivity index (χ0) is 12.3. The van der Waals surface area contributed by atoms with Crippen molar-refractivity contribution in [3.63, 3.8) is 0 Å². The van der Waals surface area contributed by atoms with Gasteiger partial charge in [-0.05, 0) is 0 Å². The number of pyridine rings is 1. The van der Waals surface area contributed by atoms with Gasteiger partial charge in [0.05, 0.1) is 25.2 Å². The van der Waals surface area contributed by atoms with E-state index in [4.69, 9.17) is 9.47 Å². The standard InChI is InChI=1S/C10H13N3O4/c1-16-9-3-2-8(13(14)15)10(11-9)12-4-6-17-7-5-12/h2-3H,4-7H2,1H3/p+1. The van der Waals surface area contributed by atoms with Crippen LogP contribution >= 0.6 is 0 Å². The second-order valence-corrected chi connectivity index (χ2v) is 3.62. The summed E-state index contributed by atoms with van der Waals surface area (Å²) in [4.78, 5) is 15.4. The Morgan fingerprint density at radius 1 is 1.47 bits per heavy atom. The van der Waals surface area contributed by atoms with Gasteiger partial charge in [0, 0.05) is 12.1 Å². The van der Waals surface area contributed by atoms with Crippen LogP contribution < -0.4 is 14.6 Å². The van der Waals surface area contributed by atoms with Crippen LogP contribution in [-0.2, 0) is 4.74 Å². The van der Waals surface area contributed by atoms with Crippen LogP contribution in [0.4, 0.5) is 11.5 Å². The molecule has 1 aliphatic rings. The molecule has 0 bridgehead atoms. The van der Waals surface area contributed by atoms with Crippen LogP contribution in [0.2, 0.25) is 0 Å². The highest BCUT2D eigenvalue weighted by Crippen LogP contribution is 2.25. The van der Waals surface area contributed by atoms with Crippen LogP contribution in [-0.4, -0.2) is 38.3 Å². The average Bonchev–Trinajstić information content (AvgIpc) is 2.39. The fraction of sp³-hybridized carbons (Fsp3) is 0.500. The lowest BCUT2D eigenvalue weighted by atomic mass is 10.3. The molecule has 7 heteroatoms. The van der Waals surface area contributed by atoms with E-state index in [2.05, 4.69) is 4.98 Å². The molecule has 1 aliphatic heterocycles. The van der Waals surface area contributed by atoms with E-state index in [0.29, 0.717) is 38.0 Å². The molecule has 0 amide bonds. The summed E-state index contributed by atoms with van der Waals surface area (Å²) in [5.74, 6) is 0.967. The van der Waals surface area contributed by atoms with Crippen molar-refractivity contribution in [1.82, 2.24) is 0 Å². The van der Waals surface area contributed by atoms with Crippen LogP contribution in [0.3, 0.4) is 0 Å². The van der Waals surface area contributed by atoms with Gasteiger partial charge in [-0.25, -0.2) is 4.98 Å². The number of nitro groups is 1. The summed E-state index contributed by atoms with van der Waals surface area (Å²) in [7, 11) is 1.51. The lowest BCUT2D eigenvalue weighted by Crippen LogP contribution is -2.40. The lowest BCUT2D eigenvalue weighted by molar-refractivity contribution is -0.417. The average molecular weight is 240 g/mol. The number of aromatic amines is 1. The fourth-order valence-corrected chi connectivity index (χ4v) is 1.75. The van der Waals surface area contributed by atoms with Gasteiger partial charge in [-0.3, -0.25) is 15.0 Å². The molecule has 0 aromatic carbocycles. The molecule has 0 radical (unpaired) electrons. The number of ether oxygens (including phenoxy) is 2. The maximum Gasteiger partial charge on any atom is 0.357 e. The summed E-state index contributed by atoms with van der Waals surface area (Å²) in [5.41, 5.74) is 0.0488. The van der Waals surface area contributed by atoms with Gasteiger partial charge in [0.25, 0.3) is 5.88 Å². The quantitative estimate of drug-likeness (QED) is 0.559. The van der Waals surface area contributed by atoms with Crippen LogP contribution in [0, 0.1) is 10.1 Å². The highest BCUT2D eigenvalue weighted by molar-refractivity contribution is 5.54. The van der Waals surface area contributed by atoms with E-state index in [1.165, 1.54) is 13.2 Å². The molecule has 1 aromatic rings. The number of nitrogens with zero attached hydrogens (tertiary/aromatic N) is 2. The van der Waals surface area contributed by atoms with Gasteiger partial charge in [0.2, 0.25) is 0 Å². The number of hydrogen-bond acceptors (Lipinski definition) is 5. The topological polar surface area (TPSA) is 79.0 Å². The number of rotatable bonds is 3. The predicted molar refractivity (Wildman–Crippen MR) is 59.2 cm³/mol. The largest absolute Gasteiger partial charge is 0.466 e. The van der Waals surface area contributed by atoms with Crippen molar-refractivity contribution >= 4 is 11.5 Å². The first-order valence-electron chi connectivity index (χ1n) is 5.30. The van der Waals surface area contributed by atoms with Crippen LogP contribution in [0.25, 0.3) is 0 Å². The summed E-state index contributed by atoms with van der Waals surface area (Å²) in [6, 6.07) is 2.99. The Morgan fingerprint density at radius 2 is 2.18 bits per heavy atom. The molecule has 7 nitrogen and oxygen atoms in total. The Hall–Kier alpha value is -1.89. The highest BCUT2D eigenvalue weighted by atomic mass is 16.6. The number of hydrogen-bond donors (Lipinski definition) is 0. The number of nitrogens with one attached hydrogen (secondary N) is 1. The summed E-state index contributed by atoms with van der Waals surface area (Å²) >= 11 is 0. The number of aromatic nitrogens is 1. The van der Waals surface area contributed by atoms with Gasteiger partial charge in [0.1, 0.15) is 13.1 Å². The molecule has 0 aliphatic carbocycles. The van der Waals surface area contributed by atoms with Crippen molar-refractivity contribution in [3.8, 4) is 5.88 Å². The SMILES string of the molecule is COc1ccc([N+](=O)[O-])c(N2CCOCC2)[nH+]1. The second-order valence-electron chi connectivity index (χ2n) is 3.62. The molecular weight excluding hydrogens is 226 g/mol. The smallest absolute Gasteiger partial charge is 0.357 e. The third-order valence-electron chi connectivity index (χ3n) is 2.62. The Kier molecular flexibility index (Phi) is 3.38. The van der Waals surface area contributed by atoms with E-state index in [1.807, 2.05) is 4.90 Å². The molecule has 2 rings (SSSR count). The molecule has 1 fully saturated rings. The molecule has 1 N–H and O–H groups in total. The van der Waals surface area contributed by atoms with Crippen LogP contribution in [0.1, 0.15) is 0 Å². The zero-order valence-electron chi connectivity index (χ0n) is 9.51. The minimum Gasteiger partial charge on any atom is -0.466 e. The second kappa shape index (κ2) is 4.96. The Morgan fingerprint density at radius 3 is 2.76 bits per heavy atom. The summed E-state index contributed by atoms with van der Waals surface area (Å²) < 4.78 is 10.3. The normalized spacial score (nSPS) is 15.7. The van der Waals surface area contributed by atoms with Crippen molar-refractivity contribution in [2.45, 2.75) is 0 Å². The molecule has 2 heterocycles. The van der Waals surface area contributed by atoms with Crippen molar-refractivity contribution in [2.24, 2.45) is 0 Å². The molecule has 0 unspecified atom stereocenters. The summed E-state index contributed by atoms with van der Waals surface area (Å²) in [6.45, 7) is 2.40. The predicted octanol–water partition coefficient (Wildman–Crippen LogP) is 0.254. The van der Waals surface area contributed by atoms with Gasteiger partial charge >= 0.3 is 11.5 Å². The monoisotopic (exact) mass is 240 g/mol. The van der Waals surface area contributed by atoms with E-state index >= 15 is 0 Å². The summed E-state index contributed by atoms with van der Waals surface area (Å²) in [6.07, 6.45) is 0. The molecule has 1 aromatic heterocycles. The van der Waals surface area contributed by atoms with Crippen molar-refractivity contribution in [2.75, 3.05) is 38.3 Å². The molecule has 1 saturated heterocycles. The zero-order valence-corrected chi connectivity index (χ0v) is 9.51. The number of morpholine rings is 1. The van der Waals surface area contributed by atoms with Gasteiger partial charge in [0.15, 0.2) is 0 Å². The Labute approximate surface area is 98.1 Å². The molecule has 0 spiro atoms. The fourth-order valence-electron chi connectivity index (χ4n) is 1.75. The first kappa shape index (κ1) is 11.6. The number of anilines is 1. The van der Waals surface area contributed by atoms with E-state index < -0.39 is 4.92 Å². The highest BCUT2D eigenvalue weighted by Gasteiger charge is 2.30. The van der Waals surface area contributed by atoms with Crippen LogP contribution in [0.5, 0.6) is 5.88 Å². The third-order valence-corrected chi connectivity index (χ3v) is 2.62. The third kappa shape index (κ3) is 2.44. The molecule has 92 valence electrons. The van der Waals surface area contributed by atoms with E-state index in [9.17, 15) is 10.1 Å². The maximum absolute atomic E-state index is 11.0. The Bertz CT molecular complexity index is 418. The Balaban J connectivity index is 2.36. The maximum atomic E-state index is 11.0. The van der Waals surface area contributed by atoms with Gasteiger partial charge < -0.3 is 9.47 Å². The summed E-state index contributed by atoms with van der Waals surface area (Å²) in [5, 5.41) is 11.0. The molecular formula is C10H14N3O4+. The van der Waals surface area contributed by atoms with Crippen molar-refractivity contribution in [1.29, 1.82) is 0 Å². The van der Waals surface area contributed by atoms with E-state index in [1.54, 1.807) is 6.07 Å². The minimum atomic E-state index is -0.402. The van der Waals surface area contributed by atoms with Crippen molar-refractivity contribution in [3.05, 3.63) is 22.2 Å². The van der Waals surface area contributed by atoms with Gasteiger partial charge in [-0.2, -0.15) is 0 Å². The molecule has 0 saturated carbocycles. The number of methoxy groups -OCH3 is 1. The van der Waals surface area contributed by atoms with E-state index in [0.717, 1.165) is 0 Å². The van der Waals surface area contributed by atoms with Crippen LogP contribution in [0.15, 0.2) is 12.1 Å². The van der Waals surface area contributed by atoms with Gasteiger partial charge in [-0.1, -0.05) is 0 Å². The lowest BCUT2D eigenvalue weighted by Gasteiger charge is -2.21. The molecule has 0 atom stereocenters. The molecule has 17 heavy (non-hydrogen) atoms. The first-order chi connectivity index (χ1) is 8.22. The minimum absolute atomic E-state index is 0.0488.